The van der Waals surface area contributed by atoms with E-state index in [1.54, 1.807) is 0 Å². The van der Waals surface area contributed by atoms with Crippen molar-refractivity contribution in [2.75, 3.05) is 0 Å². The van der Waals surface area contributed by atoms with Gasteiger partial charge in [0.2, 0.25) is 0 Å². The Bertz CT molecular complexity index is 3040. The lowest BCUT2D eigenvalue weighted by atomic mass is 9.82. The minimum absolute atomic E-state index is 1.24. The average Bonchev–Trinajstić information content (AvgIpc) is 3.75. The topological polar surface area (TPSA) is 0 Å². The van der Waals surface area contributed by atoms with Gasteiger partial charge in [0, 0.05) is 25.7 Å². The lowest BCUT2D eigenvalue weighted by Crippen LogP contribution is -1.93. The van der Waals surface area contributed by atoms with Crippen LogP contribution in [0.1, 0.15) is 5.56 Å². The third kappa shape index (κ3) is 4.27. The fourth-order valence-corrected chi connectivity index (χ4v) is 10.00. The minimum atomic E-state index is 1.24. The number of aryl methyl sites for hydroxylation is 1. The van der Waals surface area contributed by atoms with Gasteiger partial charge in [-0.3, -0.25) is 0 Å². The van der Waals surface area contributed by atoms with Crippen molar-refractivity contribution < 1.29 is 0 Å². The molecule has 0 saturated carbocycles. The fraction of sp³-hybridized carbons (Fsp3) is 0.0196. The summed E-state index contributed by atoms with van der Waals surface area (Å²) in [6, 6.07) is 65.5. The molecule has 0 unspecified atom stereocenters. The summed E-state index contributed by atoms with van der Waals surface area (Å²) in [5.41, 5.74) is 16.8. The maximum absolute atomic E-state index is 2.43. The molecule has 9 aromatic carbocycles. The summed E-state index contributed by atoms with van der Waals surface area (Å²) in [5, 5.41) is 7.86. The fourth-order valence-electron chi connectivity index (χ4n) is 8.78. The van der Waals surface area contributed by atoms with Crippen LogP contribution in [-0.2, 0) is 0 Å². The molecular weight excluding hydrogens is 645 g/mol. The predicted octanol–water partition coefficient (Wildman–Crippen LogP) is 15.0. The van der Waals surface area contributed by atoms with Gasteiger partial charge < -0.3 is 0 Å². The van der Waals surface area contributed by atoms with Gasteiger partial charge in [0.1, 0.15) is 0 Å². The van der Waals surface area contributed by atoms with Crippen molar-refractivity contribution in [1.29, 1.82) is 0 Å². The van der Waals surface area contributed by atoms with Gasteiger partial charge in [-0.2, -0.15) is 0 Å². The first-order valence-corrected chi connectivity index (χ1v) is 18.8. The van der Waals surface area contributed by atoms with Gasteiger partial charge >= 0.3 is 0 Å². The van der Waals surface area contributed by atoms with E-state index < -0.39 is 0 Å². The number of hydrogen-bond donors (Lipinski definition) is 0. The highest BCUT2D eigenvalue weighted by molar-refractivity contribution is 7.26. The van der Waals surface area contributed by atoms with Crippen molar-refractivity contribution in [1.82, 2.24) is 0 Å². The van der Waals surface area contributed by atoms with Crippen LogP contribution in [0.25, 0.3) is 108 Å². The molecule has 1 heterocycles. The number of fused-ring (bicyclic) bond motifs is 7. The molecule has 242 valence electrons. The van der Waals surface area contributed by atoms with E-state index in [0.29, 0.717) is 0 Å². The molecule has 0 bridgehead atoms. The normalized spacial score (nSPS) is 11.9. The maximum Gasteiger partial charge on any atom is 0.0434 e. The standard InChI is InChI=1S/C51H32S/c1-31-23-25-34(26-24-31)47-40-19-9-8-18-39(40)46(33-15-6-3-7-16-33)49-41-21-12-20-38-36(27-28-42(48(38)41)50(47)49)43-29-35(32-13-4-2-5-14-32)30-44-37-17-10-11-22-45(37)52-51(43)44/h2-30H,1H3. The Morgan fingerprint density at radius 3 is 1.60 bits per heavy atom. The van der Waals surface area contributed by atoms with Gasteiger partial charge in [-0.25, -0.2) is 0 Å². The first-order chi connectivity index (χ1) is 25.7. The molecule has 0 fully saturated rings. The number of benzene rings is 9. The summed E-state index contributed by atoms with van der Waals surface area (Å²) in [6.45, 7) is 2.17. The van der Waals surface area contributed by atoms with Crippen molar-refractivity contribution in [3.63, 3.8) is 0 Å². The highest BCUT2D eigenvalue weighted by Gasteiger charge is 2.31. The van der Waals surface area contributed by atoms with Crippen LogP contribution in [0.5, 0.6) is 0 Å². The van der Waals surface area contributed by atoms with E-state index in [0.717, 1.165) is 0 Å². The second-order valence-corrected chi connectivity index (χ2v) is 15.1. The molecule has 0 amide bonds. The highest BCUT2D eigenvalue weighted by Crippen LogP contribution is 2.59. The van der Waals surface area contributed by atoms with Crippen LogP contribution in [-0.4, -0.2) is 0 Å². The van der Waals surface area contributed by atoms with Crippen LogP contribution >= 0.6 is 11.3 Å². The molecule has 1 aliphatic rings. The lowest BCUT2D eigenvalue weighted by molar-refractivity contribution is 1.47. The van der Waals surface area contributed by atoms with Crippen molar-refractivity contribution >= 4 is 53.1 Å². The van der Waals surface area contributed by atoms with Crippen LogP contribution in [0.2, 0.25) is 0 Å². The zero-order valence-corrected chi connectivity index (χ0v) is 29.5. The van der Waals surface area contributed by atoms with Crippen LogP contribution in [0.3, 0.4) is 0 Å². The van der Waals surface area contributed by atoms with Crippen molar-refractivity contribution in [3.05, 3.63) is 181 Å². The summed E-state index contributed by atoms with van der Waals surface area (Å²) in [7, 11) is 0. The van der Waals surface area contributed by atoms with Gasteiger partial charge in [0.15, 0.2) is 0 Å². The van der Waals surface area contributed by atoms with E-state index in [9.17, 15) is 0 Å². The molecule has 10 aromatic rings. The van der Waals surface area contributed by atoms with E-state index in [1.165, 1.54) is 114 Å². The smallest absolute Gasteiger partial charge is 0.0434 e. The molecule has 0 aliphatic heterocycles. The Hall–Kier alpha value is -6.28. The SMILES string of the molecule is Cc1ccc(-c2c3c(c(-c4ccccc4)c4ccccc24)-c2cccc4c(-c5cc(-c6ccccc6)cc6c5sc5ccccc56)ccc-3c24)cc1. The van der Waals surface area contributed by atoms with Gasteiger partial charge in [-0.05, 0) is 108 Å². The minimum Gasteiger partial charge on any atom is -0.135 e. The van der Waals surface area contributed by atoms with Crippen LogP contribution in [0, 0.1) is 6.92 Å². The number of rotatable bonds is 4. The van der Waals surface area contributed by atoms with E-state index in [-0.39, 0.29) is 0 Å². The Balaban J connectivity index is 1.27. The molecule has 11 rings (SSSR count). The zero-order valence-electron chi connectivity index (χ0n) is 28.7. The quantitative estimate of drug-likeness (QED) is 0.174. The Morgan fingerprint density at radius 2 is 0.885 bits per heavy atom. The van der Waals surface area contributed by atoms with Crippen LogP contribution < -0.4 is 0 Å². The predicted molar refractivity (Wildman–Crippen MR) is 225 cm³/mol. The van der Waals surface area contributed by atoms with Crippen molar-refractivity contribution in [3.8, 4) is 66.8 Å². The zero-order chi connectivity index (χ0) is 34.3. The van der Waals surface area contributed by atoms with E-state index in [4.69, 9.17) is 0 Å². The summed E-state index contributed by atoms with van der Waals surface area (Å²) in [4.78, 5) is 0. The second kappa shape index (κ2) is 11.4. The van der Waals surface area contributed by atoms with E-state index >= 15 is 0 Å². The van der Waals surface area contributed by atoms with Gasteiger partial charge in [0.05, 0.1) is 0 Å². The summed E-state index contributed by atoms with van der Waals surface area (Å²) in [5.74, 6) is 0. The average molecular weight is 677 g/mol. The third-order valence-corrected chi connectivity index (χ3v) is 12.3. The van der Waals surface area contributed by atoms with Crippen LogP contribution in [0.15, 0.2) is 176 Å². The summed E-state index contributed by atoms with van der Waals surface area (Å²) >= 11 is 1.91. The largest absolute Gasteiger partial charge is 0.135 e. The molecule has 0 N–H and O–H groups in total. The van der Waals surface area contributed by atoms with Gasteiger partial charge in [-0.1, -0.05) is 163 Å². The number of thiophene rings is 1. The Morgan fingerprint density at radius 1 is 0.327 bits per heavy atom. The first kappa shape index (κ1) is 29.5. The first-order valence-electron chi connectivity index (χ1n) is 18.0. The molecule has 0 saturated heterocycles. The second-order valence-electron chi connectivity index (χ2n) is 14.0. The molecular formula is C51H32S. The molecule has 0 nitrogen and oxygen atoms in total. The number of hydrogen-bond acceptors (Lipinski definition) is 1. The van der Waals surface area contributed by atoms with E-state index in [2.05, 4.69) is 183 Å². The Kier molecular flexibility index (Phi) is 6.44. The molecule has 0 radical (unpaired) electrons. The van der Waals surface area contributed by atoms with Crippen molar-refractivity contribution in [2.24, 2.45) is 0 Å². The highest BCUT2D eigenvalue weighted by atomic mass is 32.1. The lowest BCUT2D eigenvalue weighted by Gasteiger charge is -2.20. The molecule has 1 aromatic heterocycles. The van der Waals surface area contributed by atoms with Crippen molar-refractivity contribution in [2.45, 2.75) is 6.92 Å². The monoisotopic (exact) mass is 676 g/mol. The van der Waals surface area contributed by atoms with E-state index in [1.807, 2.05) is 11.3 Å². The van der Waals surface area contributed by atoms with Gasteiger partial charge in [0.25, 0.3) is 0 Å². The molecule has 0 spiro atoms. The molecule has 1 aliphatic carbocycles. The third-order valence-electron chi connectivity index (χ3n) is 11.1. The molecule has 1 heteroatoms. The molecule has 0 atom stereocenters. The summed E-state index contributed by atoms with van der Waals surface area (Å²) < 4.78 is 2.66. The van der Waals surface area contributed by atoms with Crippen LogP contribution in [0.4, 0.5) is 0 Å². The Labute approximate surface area is 306 Å². The molecule has 52 heavy (non-hydrogen) atoms. The summed E-state index contributed by atoms with van der Waals surface area (Å²) in [6.07, 6.45) is 0. The maximum atomic E-state index is 2.43. The van der Waals surface area contributed by atoms with Gasteiger partial charge in [-0.15, -0.1) is 11.3 Å².